The normalized spacial score (nSPS) is 18.2. The molecule has 1 aliphatic heterocycles. The highest BCUT2D eigenvalue weighted by molar-refractivity contribution is 6.08. The van der Waals surface area contributed by atoms with E-state index in [9.17, 15) is 4.79 Å². The molecular formula is C29H26N2O. The molecule has 0 radical (unpaired) electrons. The molecule has 2 amide bonds. The Morgan fingerprint density at radius 2 is 0.844 bits per heavy atom. The summed E-state index contributed by atoms with van der Waals surface area (Å²) in [5.41, 5.74) is 6.39. The van der Waals surface area contributed by atoms with E-state index in [0.717, 1.165) is 22.5 Å². The van der Waals surface area contributed by atoms with Crippen molar-refractivity contribution in [2.75, 3.05) is 9.80 Å². The fourth-order valence-corrected chi connectivity index (χ4v) is 4.55. The summed E-state index contributed by atoms with van der Waals surface area (Å²) in [4.78, 5) is 18.0. The molecule has 3 heteroatoms. The number of benzene rings is 4. The van der Waals surface area contributed by atoms with Crippen molar-refractivity contribution in [3.05, 3.63) is 131 Å². The first-order chi connectivity index (χ1) is 15.6. The van der Waals surface area contributed by atoms with Gasteiger partial charge in [-0.25, -0.2) is 4.79 Å². The number of nitrogens with zero attached hydrogens (tertiary/aromatic N) is 2. The molecular weight excluding hydrogens is 392 g/mol. The fraction of sp³-hybridized carbons (Fsp3) is 0.138. The summed E-state index contributed by atoms with van der Waals surface area (Å²) >= 11 is 0. The van der Waals surface area contributed by atoms with Crippen LogP contribution < -0.4 is 9.80 Å². The molecule has 158 valence electrons. The Kier molecular flexibility index (Phi) is 5.24. The second kappa shape index (κ2) is 8.35. The minimum atomic E-state index is -0.157. The molecule has 0 aliphatic carbocycles. The lowest BCUT2D eigenvalue weighted by Gasteiger charge is -2.29. The first kappa shape index (κ1) is 20.1. The lowest BCUT2D eigenvalue weighted by Crippen LogP contribution is -2.32. The smallest absolute Gasteiger partial charge is 0.284 e. The van der Waals surface area contributed by atoms with E-state index in [1.54, 1.807) is 0 Å². The molecule has 0 aromatic heterocycles. The topological polar surface area (TPSA) is 23.6 Å². The van der Waals surface area contributed by atoms with Crippen LogP contribution in [0.2, 0.25) is 0 Å². The molecule has 0 N–H and O–H groups in total. The average Bonchev–Trinajstić information content (AvgIpc) is 3.14. The van der Waals surface area contributed by atoms with Gasteiger partial charge in [0, 0.05) is 11.4 Å². The largest absolute Gasteiger partial charge is 0.330 e. The standard InChI is InChI=1S/C29H26N2O/c1-21-13-17-25(18-14-21)30-27(23-9-5-3-6-10-23)28(24-11-7-4-8-12-24)31(29(30)32)26-19-15-22(2)16-20-26/h3-20,27-28H,1-2H3. The van der Waals surface area contributed by atoms with Gasteiger partial charge in [-0.15, -0.1) is 0 Å². The summed E-state index contributed by atoms with van der Waals surface area (Å²) in [6.45, 7) is 4.13. The van der Waals surface area contributed by atoms with E-state index >= 15 is 0 Å². The van der Waals surface area contributed by atoms with Gasteiger partial charge in [0.2, 0.25) is 0 Å². The van der Waals surface area contributed by atoms with E-state index in [1.165, 1.54) is 11.1 Å². The van der Waals surface area contributed by atoms with Crippen molar-refractivity contribution in [2.45, 2.75) is 25.9 Å². The summed E-state index contributed by atoms with van der Waals surface area (Å²) in [6.07, 6.45) is 0. The van der Waals surface area contributed by atoms with E-state index in [-0.39, 0.29) is 18.1 Å². The van der Waals surface area contributed by atoms with Gasteiger partial charge in [0.05, 0.1) is 12.1 Å². The van der Waals surface area contributed by atoms with Gasteiger partial charge >= 0.3 is 6.03 Å². The zero-order valence-electron chi connectivity index (χ0n) is 18.3. The Morgan fingerprint density at radius 1 is 0.500 bits per heavy atom. The molecule has 1 heterocycles. The van der Waals surface area contributed by atoms with Crippen LogP contribution in [0, 0.1) is 13.8 Å². The highest BCUT2D eigenvalue weighted by atomic mass is 16.2. The number of hydrogen-bond donors (Lipinski definition) is 0. The van der Waals surface area contributed by atoms with Crippen LogP contribution in [-0.2, 0) is 0 Å². The molecule has 32 heavy (non-hydrogen) atoms. The van der Waals surface area contributed by atoms with Crippen molar-refractivity contribution >= 4 is 17.4 Å². The third-order valence-corrected chi connectivity index (χ3v) is 6.17. The van der Waals surface area contributed by atoms with Crippen LogP contribution in [0.15, 0.2) is 109 Å². The van der Waals surface area contributed by atoms with Crippen LogP contribution in [0.3, 0.4) is 0 Å². The SMILES string of the molecule is Cc1ccc(N2C(=O)N(c3ccc(C)cc3)C(c3ccccc3)C2c2ccccc2)cc1. The van der Waals surface area contributed by atoms with E-state index in [0.29, 0.717) is 0 Å². The molecule has 2 unspecified atom stereocenters. The Bertz CT molecular complexity index is 1100. The minimum Gasteiger partial charge on any atom is -0.284 e. The van der Waals surface area contributed by atoms with Crippen LogP contribution in [-0.4, -0.2) is 6.03 Å². The molecule has 3 nitrogen and oxygen atoms in total. The van der Waals surface area contributed by atoms with Crippen LogP contribution in [0.4, 0.5) is 16.2 Å². The second-order valence-electron chi connectivity index (χ2n) is 8.40. The van der Waals surface area contributed by atoms with Crippen LogP contribution in [0.5, 0.6) is 0 Å². The number of hydrogen-bond acceptors (Lipinski definition) is 1. The lowest BCUT2D eigenvalue weighted by atomic mass is 9.92. The van der Waals surface area contributed by atoms with Crippen molar-refractivity contribution in [3.8, 4) is 0 Å². The number of rotatable bonds is 4. The third-order valence-electron chi connectivity index (χ3n) is 6.17. The number of carbonyl (C=O) groups is 1. The van der Waals surface area contributed by atoms with Crippen molar-refractivity contribution in [2.24, 2.45) is 0 Å². The predicted octanol–water partition coefficient (Wildman–Crippen LogP) is 7.23. The zero-order chi connectivity index (χ0) is 22.1. The first-order valence-corrected chi connectivity index (χ1v) is 11.0. The molecule has 4 aromatic rings. The van der Waals surface area contributed by atoms with Gasteiger partial charge in [0.1, 0.15) is 0 Å². The van der Waals surface area contributed by atoms with Gasteiger partial charge in [-0.2, -0.15) is 0 Å². The first-order valence-electron chi connectivity index (χ1n) is 11.0. The van der Waals surface area contributed by atoms with E-state index in [2.05, 4.69) is 62.4 Å². The number of urea groups is 1. The maximum absolute atomic E-state index is 14.1. The fourth-order valence-electron chi connectivity index (χ4n) is 4.55. The maximum Gasteiger partial charge on any atom is 0.330 e. The summed E-state index contributed by atoms with van der Waals surface area (Å²) in [7, 11) is 0. The third kappa shape index (κ3) is 3.56. The van der Waals surface area contributed by atoms with Crippen molar-refractivity contribution in [1.82, 2.24) is 0 Å². The maximum atomic E-state index is 14.1. The van der Waals surface area contributed by atoms with Gasteiger partial charge in [-0.3, -0.25) is 9.80 Å². The minimum absolute atomic E-state index is 0.0135. The van der Waals surface area contributed by atoms with Crippen molar-refractivity contribution in [1.29, 1.82) is 0 Å². The van der Waals surface area contributed by atoms with Crippen LogP contribution in [0.1, 0.15) is 34.3 Å². The monoisotopic (exact) mass is 418 g/mol. The van der Waals surface area contributed by atoms with Crippen molar-refractivity contribution < 1.29 is 4.79 Å². The molecule has 0 saturated carbocycles. The molecule has 0 spiro atoms. The van der Waals surface area contributed by atoms with Crippen LogP contribution >= 0.6 is 0 Å². The predicted molar refractivity (Wildman–Crippen MR) is 131 cm³/mol. The number of anilines is 2. The van der Waals surface area contributed by atoms with Crippen LogP contribution in [0.25, 0.3) is 0 Å². The van der Waals surface area contributed by atoms with E-state index < -0.39 is 0 Å². The Morgan fingerprint density at radius 3 is 1.19 bits per heavy atom. The molecule has 1 fully saturated rings. The Hall–Kier alpha value is -3.85. The van der Waals surface area contributed by atoms with Gasteiger partial charge < -0.3 is 0 Å². The van der Waals surface area contributed by atoms with Gasteiger partial charge in [0.15, 0.2) is 0 Å². The number of aryl methyl sites for hydroxylation is 2. The van der Waals surface area contributed by atoms with Gasteiger partial charge in [0.25, 0.3) is 0 Å². The Balaban J connectivity index is 1.73. The molecule has 0 bridgehead atoms. The van der Waals surface area contributed by atoms with E-state index in [1.807, 2.05) is 70.5 Å². The lowest BCUT2D eigenvalue weighted by molar-refractivity contribution is 0.255. The quantitative estimate of drug-likeness (QED) is 0.343. The summed E-state index contributed by atoms with van der Waals surface area (Å²) in [6, 6.07) is 36.8. The van der Waals surface area contributed by atoms with Gasteiger partial charge in [-0.1, -0.05) is 96.1 Å². The molecule has 1 aliphatic rings. The van der Waals surface area contributed by atoms with E-state index in [4.69, 9.17) is 0 Å². The summed E-state index contributed by atoms with van der Waals surface area (Å²) in [5.74, 6) is 0. The highest BCUT2D eigenvalue weighted by Crippen LogP contribution is 2.48. The summed E-state index contributed by atoms with van der Waals surface area (Å²) < 4.78 is 0. The van der Waals surface area contributed by atoms with Gasteiger partial charge in [-0.05, 0) is 49.2 Å². The molecule has 2 atom stereocenters. The number of carbonyl (C=O) groups excluding carboxylic acids is 1. The molecule has 4 aromatic carbocycles. The number of amides is 2. The molecule has 1 saturated heterocycles. The highest BCUT2D eigenvalue weighted by Gasteiger charge is 2.48. The molecule has 5 rings (SSSR count). The summed E-state index contributed by atoms with van der Waals surface area (Å²) in [5, 5.41) is 0. The van der Waals surface area contributed by atoms with Crippen molar-refractivity contribution in [3.63, 3.8) is 0 Å². The second-order valence-corrected chi connectivity index (χ2v) is 8.40. The average molecular weight is 419 g/mol. The Labute approximate surface area is 189 Å². The zero-order valence-corrected chi connectivity index (χ0v) is 18.3.